The summed E-state index contributed by atoms with van der Waals surface area (Å²) in [6.45, 7) is 0. The van der Waals surface area contributed by atoms with Crippen LogP contribution in [0.3, 0.4) is 0 Å². The highest BCUT2D eigenvalue weighted by Crippen LogP contribution is 2.33. The average molecular weight is 188 g/mol. The summed E-state index contributed by atoms with van der Waals surface area (Å²) in [5.41, 5.74) is 3.19. The maximum Gasteiger partial charge on any atom is 0.165 e. The highest BCUT2D eigenvalue weighted by atomic mass is 16.1. The minimum absolute atomic E-state index is 0.132. The normalized spacial score (nSPS) is 29.0. The molecule has 0 saturated heterocycles. The van der Waals surface area contributed by atoms with Crippen molar-refractivity contribution in [3.63, 3.8) is 0 Å². The van der Waals surface area contributed by atoms with Gasteiger partial charge < -0.3 is 10.6 Å². The standard InChI is InChI=1S/C11H12N2O/c14-9-5-1-4-8-10(9)7-3-2-6-12-11(7)13-8/h2-3,6,11-13H,1,4-5H2. The second kappa shape index (κ2) is 2.74. The molecule has 2 aliphatic heterocycles. The third-order valence-corrected chi connectivity index (χ3v) is 2.96. The fraction of sp³-hybridized carbons (Fsp3) is 0.364. The number of allylic oxidation sites excluding steroid dienone is 3. The van der Waals surface area contributed by atoms with Crippen molar-refractivity contribution in [2.45, 2.75) is 25.4 Å². The largest absolute Gasteiger partial charge is 0.368 e. The Kier molecular flexibility index (Phi) is 1.54. The van der Waals surface area contributed by atoms with Crippen molar-refractivity contribution >= 4 is 5.78 Å². The van der Waals surface area contributed by atoms with E-state index in [0.29, 0.717) is 12.2 Å². The number of Topliss-reactive ketones (excluding diaryl/α,β-unsaturated/α-hetero) is 1. The smallest absolute Gasteiger partial charge is 0.165 e. The first-order valence-electron chi connectivity index (χ1n) is 5.02. The number of hydrogen-bond donors (Lipinski definition) is 2. The number of ketones is 1. The van der Waals surface area contributed by atoms with Gasteiger partial charge in [-0.15, -0.1) is 0 Å². The molecule has 3 heteroatoms. The Hall–Kier alpha value is -1.51. The summed E-state index contributed by atoms with van der Waals surface area (Å²) in [5, 5.41) is 6.56. The highest BCUT2D eigenvalue weighted by molar-refractivity contribution is 6.02. The Bertz CT molecular complexity index is 390. The molecule has 0 aromatic carbocycles. The lowest BCUT2D eigenvalue weighted by molar-refractivity contribution is -0.115. The molecule has 0 saturated carbocycles. The zero-order valence-electron chi connectivity index (χ0n) is 7.84. The summed E-state index contributed by atoms with van der Waals surface area (Å²) in [7, 11) is 0. The maximum absolute atomic E-state index is 11.7. The van der Waals surface area contributed by atoms with Gasteiger partial charge in [-0.3, -0.25) is 4.79 Å². The summed E-state index contributed by atoms with van der Waals surface area (Å²) < 4.78 is 0. The topological polar surface area (TPSA) is 41.1 Å². The van der Waals surface area contributed by atoms with Crippen molar-refractivity contribution in [1.29, 1.82) is 0 Å². The van der Waals surface area contributed by atoms with Gasteiger partial charge in [0.2, 0.25) is 0 Å². The van der Waals surface area contributed by atoms with Crippen molar-refractivity contribution in [3.05, 3.63) is 35.2 Å². The van der Waals surface area contributed by atoms with Gasteiger partial charge in [0.15, 0.2) is 5.78 Å². The first-order valence-corrected chi connectivity index (χ1v) is 5.02. The molecule has 0 aromatic heterocycles. The molecule has 14 heavy (non-hydrogen) atoms. The lowest BCUT2D eigenvalue weighted by Crippen LogP contribution is -2.37. The van der Waals surface area contributed by atoms with E-state index in [0.717, 1.165) is 29.7 Å². The molecule has 1 atom stereocenters. The molecule has 0 radical (unpaired) electrons. The lowest BCUT2D eigenvalue weighted by atomic mass is 9.91. The van der Waals surface area contributed by atoms with E-state index in [1.807, 2.05) is 18.4 Å². The average Bonchev–Trinajstić information content (AvgIpc) is 2.57. The maximum atomic E-state index is 11.7. The second-order valence-corrected chi connectivity index (χ2v) is 3.86. The highest BCUT2D eigenvalue weighted by Gasteiger charge is 2.34. The Balaban J connectivity index is 2.07. The van der Waals surface area contributed by atoms with Crippen molar-refractivity contribution in [2.24, 2.45) is 0 Å². The van der Waals surface area contributed by atoms with E-state index in [4.69, 9.17) is 0 Å². The number of hydrogen-bond acceptors (Lipinski definition) is 3. The molecule has 0 spiro atoms. The SMILES string of the molecule is O=C1CCCC2=C1C1=CC=CNC1N2. The zero-order valence-corrected chi connectivity index (χ0v) is 7.84. The van der Waals surface area contributed by atoms with E-state index in [9.17, 15) is 4.79 Å². The van der Waals surface area contributed by atoms with Crippen molar-refractivity contribution in [3.8, 4) is 0 Å². The van der Waals surface area contributed by atoms with Gasteiger partial charge in [0.25, 0.3) is 0 Å². The summed E-state index contributed by atoms with van der Waals surface area (Å²) in [6.07, 6.45) is 8.71. The molecule has 3 rings (SSSR count). The summed E-state index contributed by atoms with van der Waals surface area (Å²) in [6, 6.07) is 0. The van der Waals surface area contributed by atoms with Gasteiger partial charge in [0, 0.05) is 23.3 Å². The van der Waals surface area contributed by atoms with Gasteiger partial charge in [-0.1, -0.05) is 6.08 Å². The van der Waals surface area contributed by atoms with Gasteiger partial charge in [0.05, 0.1) is 0 Å². The first-order chi connectivity index (χ1) is 6.86. The van der Waals surface area contributed by atoms with Crippen molar-refractivity contribution in [1.82, 2.24) is 10.6 Å². The number of rotatable bonds is 0. The van der Waals surface area contributed by atoms with E-state index in [1.54, 1.807) is 0 Å². The Morgan fingerprint density at radius 3 is 3.21 bits per heavy atom. The molecule has 1 aliphatic carbocycles. The minimum Gasteiger partial charge on any atom is -0.368 e. The van der Waals surface area contributed by atoms with Crippen LogP contribution in [0, 0.1) is 0 Å². The molecule has 2 heterocycles. The number of nitrogens with one attached hydrogen (secondary N) is 2. The van der Waals surface area contributed by atoms with Crippen LogP contribution in [0.1, 0.15) is 19.3 Å². The van der Waals surface area contributed by atoms with Gasteiger partial charge in [0.1, 0.15) is 6.17 Å². The second-order valence-electron chi connectivity index (χ2n) is 3.86. The fourth-order valence-electron chi connectivity index (χ4n) is 2.33. The Morgan fingerprint density at radius 1 is 1.36 bits per heavy atom. The van der Waals surface area contributed by atoms with Gasteiger partial charge >= 0.3 is 0 Å². The van der Waals surface area contributed by atoms with Crippen LogP contribution in [0.2, 0.25) is 0 Å². The van der Waals surface area contributed by atoms with Crippen LogP contribution in [-0.2, 0) is 4.79 Å². The Morgan fingerprint density at radius 2 is 2.29 bits per heavy atom. The summed E-state index contributed by atoms with van der Waals surface area (Å²) in [4.78, 5) is 11.7. The molecule has 0 amide bonds. The van der Waals surface area contributed by atoms with Crippen LogP contribution < -0.4 is 10.6 Å². The first kappa shape index (κ1) is 7.85. The van der Waals surface area contributed by atoms with Crippen LogP contribution >= 0.6 is 0 Å². The van der Waals surface area contributed by atoms with Gasteiger partial charge in [-0.2, -0.15) is 0 Å². The van der Waals surface area contributed by atoms with Crippen molar-refractivity contribution in [2.75, 3.05) is 0 Å². The van der Waals surface area contributed by atoms with Crippen LogP contribution in [0.5, 0.6) is 0 Å². The third kappa shape index (κ3) is 0.953. The molecule has 1 unspecified atom stereocenters. The predicted octanol–water partition coefficient (Wildman–Crippen LogP) is 0.966. The van der Waals surface area contributed by atoms with Gasteiger partial charge in [-0.05, 0) is 25.1 Å². The van der Waals surface area contributed by atoms with Crippen molar-refractivity contribution < 1.29 is 4.79 Å². The molecular weight excluding hydrogens is 176 g/mol. The zero-order chi connectivity index (χ0) is 9.54. The molecular formula is C11H12N2O. The number of carbonyl (C=O) groups excluding carboxylic acids is 1. The predicted molar refractivity (Wildman–Crippen MR) is 53.2 cm³/mol. The fourth-order valence-corrected chi connectivity index (χ4v) is 2.33. The minimum atomic E-state index is 0.132. The van der Waals surface area contributed by atoms with E-state index in [1.165, 1.54) is 0 Å². The molecule has 72 valence electrons. The molecule has 3 nitrogen and oxygen atoms in total. The van der Waals surface area contributed by atoms with Gasteiger partial charge in [-0.25, -0.2) is 0 Å². The number of dihydropyridines is 1. The lowest BCUT2D eigenvalue weighted by Gasteiger charge is -2.17. The molecule has 3 aliphatic rings. The van der Waals surface area contributed by atoms with Crippen LogP contribution in [0.15, 0.2) is 35.2 Å². The summed E-state index contributed by atoms with van der Waals surface area (Å²) >= 11 is 0. The molecule has 0 bridgehead atoms. The van der Waals surface area contributed by atoms with E-state index in [2.05, 4.69) is 10.6 Å². The van der Waals surface area contributed by atoms with Crippen LogP contribution in [0.25, 0.3) is 0 Å². The summed E-state index contributed by atoms with van der Waals surface area (Å²) in [5.74, 6) is 0.296. The molecule has 0 aromatic rings. The van der Waals surface area contributed by atoms with E-state index < -0.39 is 0 Å². The van der Waals surface area contributed by atoms with E-state index in [-0.39, 0.29) is 6.17 Å². The number of fused-ring (bicyclic) bond motifs is 2. The van der Waals surface area contributed by atoms with Crippen LogP contribution in [0.4, 0.5) is 0 Å². The van der Waals surface area contributed by atoms with E-state index >= 15 is 0 Å². The Labute approximate surface area is 82.6 Å². The molecule has 0 fully saturated rings. The molecule has 2 N–H and O–H groups in total. The quantitative estimate of drug-likeness (QED) is 0.595. The number of carbonyl (C=O) groups is 1. The van der Waals surface area contributed by atoms with Crippen LogP contribution in [-0.4, -0.2) is 11.9 Å². The third-order valence-electron chi connectivity index (χ3n) is 2.96. The monoisotopic (exact) mass is 188 g/mol.